The molecule has 3 nitrogen and oxygen atoms in total. The van der Waals surface area contributed by atoms with E-state index < -0.39 is 13.0 Å². The molecule has 0 radical (unpaired) electrons. The van der Waals surface area contributed by atoms with Gasteiger partial charge in [-0.25, -0.2) is 8.78 Å². The van der Waals surface area contributed by atoms with Crippen molar-refractivity contribution in [2.45, 2.75) is 52.5 Å². The molecule has 0 saturated carbocycles. The predicted molar refractivity (Wildman–Crippen MR) is 61.6 cm³/mol. The van der Waals surface area contributed by atoms with E-state index in [9.17, 15) is 13.6 Å². The van der Waals surface area contributed by atoms with Crippen molar-refractivity contribution in [2.75, 3.05) is 0 Å². The number of halogens is 2. The topological polar surface area (TPSA) is 34.9 Å². The Morgan fingerprint density at radius 2 is 2.06 bits per heavy atom. The summed E-state index contributed by atoms with van der Waals surface area (Å²) < 4.78 is 25.9. The number of carbonyl (C=O) groups is 1. The number of aromatic nitrogens is 2. The lowest BCUT2D eigenvalue weighted by Gasteiger charge is -2.14. The van der Waals surface area contributed by atoms with Crippen molar-refractivity contribution in [1.82, 2.24) is 9.78 Å². The molecule has 1 rings (SSSR count). The minimum Gasteiger partial charge on any atom is -0.292 e. The first kappa shape index (κ1) is 13.8. The number of alkyl halides is 2. The van der Waals surface area contributed by atoms with Crippen molar-refractivity contribution in [1.29, 1.82) is 0 Å². The Hall–Kier alpha value is -1.26. The average Bonchev–Trinajstić information content (AvgIpc) is 2.59. The number of rotatable bonds is 4. The number of ketones is 1. The molecule has 1 aromatic rings. The zero-order valence-corrected chi connectivity index (χ0v) is 10.6. The monoisotopic (exact) mass is 244 g/mol. The predicted octanol–water partition coefficient (Wildman–Crippen LogP) is 3.04. The van der Waals surface area contributed by atoms with Crippen molar-refractivity contribution in [3.05, 3.63) is 17.5 Å². The zero-order valence-electron chi connectivity index (χ0n) is 10.6. The first-order valence-corrected chi connectivity index (χ1v) is 5.65. The van der Waals surface area contributed by atoms with E-state index in [4.69, 9.17) is 0 Å². The van der Waals surface area contributed by atoms with E-state index in [-0.39, 0.29) is 16.9 Å². The Kier molecular flexibility index (Phi) is 4.01. The van der Waals surface area contributed by atoms with Crippen molar-refractivity contribution in [3.8, 4) is 0 Å². The molecular weight excluding hydrogens is 226 g/mol. The van der Waals surface area contributed by atoms with Crippen molar-refractivity contribution >= 4 is 5.78 Å². The summed E-state index contributed by atoms with van der Waals surface area (Å²) >= 11 is 0. The summed E-state index contributed by atoms with van der Waals surface area (Å²) in [6.45, 7) is 6.97. The number of hydrogen-bond acceptors (Lipinski definition) is 2. The van der Waals surface area contributed by atoms with Crippen LogP contribution in [0.5, 0.6) is 0 Å². The fraction of sp³-hybridized carbons (Fsp3) is 0.667. The van der Waals surface area contributed by atoms with Crippen molar-refractivity contribution in [3.63, 3.8) is 0 Å². The van der Waals surface area contributed by atoms with Gasteiger partial charge in [0.2, 0.25) is 0 Å². The maximum absolute atomic E-state index is 12.4. The van der Waals surface area contributed by atoms with Gasteiger partial charge in [0.1, 0.15) is 12.2 Å². The summed E-state index contributed by atoms with van der Waals surface area (Å²) in [6, 6.07) is 1.62. The SMILES string of the molecule is CCC(=O)c1cc(C(C)(C)C)nn1CC(F)F. The van der Waals surface area contributed by atoms with Gasteiger partial charge in [0, 0.05) is 11.8 Å². The smallest absolute Gasteiger partial charge is 0.257 e. The van der Waals surface area contributed by atoms with Crippen LogP contribution in [0.25, 0.3) is 0 Å². The zero-order chi connectivity index (χ0) is 13.2. The number of nitrogens with zero attached hydrogens (tertiary/aromatic N) is 2. The molecule has 0 aliphatic carbocycles. The number of hydrogen-bond donors (Lipinski definition) is 0. The molecule has 1 aromatic heterocycles. The van der Waals surface area contributed by atoms with E-state index in [1.54, 1.807) is 13.0 Å². The van der Waals surface area contributed by atoms with E-state index in [2.05, 4.69) is 5.10 Å². The van der Waals surface area contributed by atoms with Crippen LogP contribution in [-0.2, 0) is 12.0 Å². The van der Waals surface area contributed by atoms with E-state index >= 15 is 0 Å². The maximum Gasteiger partial charge on any atom is 0.257 e. The van der Waals surface area contributed by atoms with Crippen LogP contribution in [0, 0.1) is 0 Å². The molecule has 5 heteroatoms. The third-order valence-corrected chi connectivity index (χ3v) is 2.47. The van der Waals surface area contributed by atoms with Crippen molar-refractivity contribution in [2.24, 2.45) is 0 Å². The highest BCUT2D eigenvalue weighted by molar-refractivity contribution is 5.94. The molecule has 17 heavy (non-hydrogen) atoms. The summed E-state index contributed by atoms with van der Waals surface area (Å²) in [4.78, 5) is 11.7. The fourth-order valence-corrected chi connectivity index (χ4v) is 1.46. The van der Waals surface area contributed by atoms with E-state index in [0.29, 0.717) is 12.1 Å². The first-order chi connectivity index (χ1) is 7.75. The van der Waals surface area contributed by atoms with Crippen LogP contribution < -0.4 is 0 Å². The van der Waals surface area contributed by atoms with Gasteiger partial charge in [0.05, 0.1) is 5.69 Å². The Morgan fingerprint density at radius 1 is 1.47 bits per heavy atom. The van der Waals surface area contributed by atoms with Crippen LogP contribution in [0.2, 0.25) is 0 Å². The fourth-order valence-electron chi connectivity index (χ4n) is 1.46. The van der Waals surface area contributed by atoms with Crippen LogP contribution in [0.3, 0.4) is 0 Å². The lowest BCUT2D eigenvalue weighted by molar-refractivity contribution is 0.0956. The van der Waals surface area contributed by atoms with E-state index in [1.165, 1.54) is 0 Å². The van der Waals surface area contributed by atoms with Gasteiger partial charge in [0.25, 0.3) is 6.43 Å². The summed E-state index contributed by atoms with van der Waals surface area (Å²) in [6.07, 6.45) is -2.22. The van der Waals surface area contributed by atoms with Crippen LogP contribution >= 0.6 is 0 Å². The lowest BCUT2D eigenvalue weighted by atomic mass is 9.92. The Labute approximate surface area is 99.8 Å². The minimum atomic E-state index is -2.51. The molecule has 0 atom stereocenters. The maximum atomic E-state index is 12.4. The van der Waals surface area contributed by atoms with Gasteiger partial charge < -0.3 is 0 Å². The summed E-state index contributed by atoms with van der Waals surface area (Å²) in [5.74, 6) is -0.159. The molecular formula is C12H18F2N2O. The molecule has 0 saturated heterocycles. The van der Waals surface area contributed by atoms with Gasteiger partial charge in [-0.3, -0.25) is 9.48 Å². The first-order valence-electron chi connectivity index (χ1n) is 5.65. The third-order valence-electron chi connectivity index (χ3n) is 2.47. The highest BCUT2D eigenvalue weighted by Crippen LogP contribution is 2.22. The molecule has 0 amide bonds. The molecule has 0 aromatic carbocycles. The molecule has 0 N–H and O–H groups in total. The standard InChI is InChI=1S/C12H18F2N2O/c1-5-9(17)8-6-10(12(2,3)4)15-16(8)7-11(13)14/h6,11H,5,7H2,1-4H3. The average molecular weight is 244 g/mol. The van der Waals surface area contributed by atoms with Crippen molar-refractivity contribution < 1.29 is 13.6 Å². The molecule has 0 unspecified atom stereocenters. The Bertz CT molecular complexity index is 405. The summed E-state index contributed by atoms with van der Waals surface area (Å²) in [5.41, 5.74) is 0.684. The van der Waals surface area contributed by atoms with Gasteiger partial charge in [-0.2, -0.15) is 5.10 Å². The van der Waals surface area contributed by atoms with Crippen LogP contribution in [0.1, 0.15) is 50.3 Å². The summed E-state index contributed by atoms with van der Waals surface area (Å²) in [5, 5.41) is 4.11. The van der Waals surface area contributed by atoms with Crippen LogP contribution in [-0.4, -0.2) is 22.0 Å². The van der Waals surface area contributed by atoms with Gasteiger partial charge >= 0.3 is 0 Å². The van der Waals surface area contributed by atoms with Gasteiger partial charge in [-0.1, -0.05) is 27.7 Å². The van der Waals surface area contributed by atoms with Crippen LogP contribution in [0.4, 0.5) is 8.78 Å². The molecule has 1 heterocycles. The minimum absolute atomic E-state index is 0.159. The van der Waals surface area contributed by atoms with Gasteiger partial charge in [0.15, 0.2) is 5.78 Å². The molecule has 0 fully saturated rings. The van der Waals surface area contributed by atoms with Gasteiger partial charge in [-0.05, 0) is 6.07 Å². The molecule has 96 valence electrons. The quantitative estimate of drug-likeness (QED) is 0.763. The van der Waals surface area contributed by atoms with Crippen LogP contribution in [0.15, 0.2) is 6.07 Å². The van der Waals surface area contributed by atoms with E-state index in [1.807, 2.05) is 20.8 Å². The van der Waals surface area contributed by atoms with E-state index in [0.717, 1.165) is 4.68 Å². The number of Topliss-reactive ketones (excluding diaryl/α,β-unsaturated/α-hetero) is 1. The highest BCUT2D eigenvalue weighted by atomic mass is 19.3. The third kappa shape index (κ3) is 3.35. The second-order valence-corrected chi connectivity index (χ2v) is 5.01. The molecule has 0 spiro atoms. The van der Waals surface area contributed by atoms with Gasteiger partial charge in [-0.15, -0.1) is 0 Å². The lowest BCUT2D eigenvalue weighted by Crippen LogP contribution is -2.16. The Balaban J connectivity index is 3.16. The number of carbonyl (C=O) groups excluding carboxylic acids is 1. The molecule has 0 aliphatic heterocycles. The molecule has 0 aliphatic rings. The molecule has 0 bridgehead atoms. The summed E-state index contributed by atoms with van der Waals surface area (Å²) in [7, 11) is 0. The second-order valence-electron chi connectivity index (χ2n) is 5.01. The normalized spacial score (nSPS) is 12.2. The second kappa shape index (κ2) is 4.94. The highest BCUT2D eigenvalue weighted by Gasteiger charge is 2.23. The largest absolute Gasteiger partial charge is 0.292 e. The Morgan fingerprint density at radius 3 is 2.47 bits per heavy atom.